The fourth-order valence-corrected chi connectivity index (χ4v) is 2.84. The molecule has 126 valence electrons. The predicted octanol–water partition coefficient (Wildman–Crippen LogP) is 1.67. The molecule has 0 bridgehead atoms. The van der Waals surface area contributed by atoms with Crippen molar-refractivity contribution in [1.29, 1.82) is 5.41 Å². The maximum absolute atomic E-state index is 9.38. The van der Waals surface area contributed by atoms with Gasteiger partial charge in [0.25, 0.3) is 0 Å². The number of hydrogen-bond acceptors (Lipinski definition) is 6. The smallest absolute Gasteiger partial charge is 0.129 e. The summed E-state index contributed by atoms with van der Waals surface area (Å²) in [5.74, 6) is 0.788. The molecular formula is C18H22N4O2. The molecule has 0 aliphatic carbocycles. The number of aliphatic hydroxyl groups is 1. The van der Waals surface area contributed by atoms with Gasteiger partial charge in [-0.2, -0.15) is 0 Å². The van der Waals surface area contributed by atoms with E-state index in [2.05, 4.69) is 9.88 Å². The average molecular weight is 326 g/mol. The van der Waals surface area contributed by atoms with Gasteiger partial charge in [-0.3, -0.25) is 5.41 Å². The summed E-state index contributed by atoms with van der Waals surface area (Å²) in [4.78, 5) is 6.53. The molecule has 0 saturated carbocycles. The van der Waals surface area contributed by atoms with Crippen LogP contribution in [0.5, 0.6) is 0 Å². The van der Waals surface area contributed by atoms with E-state index >= 15 is 0 Å². The van der Waals surface area contributed by atoms with Crippen molar-refractivity contribution in [3.8, 4) is 0 Å². The lowest BCUT2D eigenvalue weighted by molar-refractivity contribution is 0.0266. The van der Waals surface area contributed by atoms with E-state index in [1.807, 2.05) is 30.3 Å². The molecule has 1 aliphatic rings. The van der Waals surface area contributed by atoms with E-state index in [9.17, 15) is 5.11 Å². The van der Waals surface area contributed by atoms with E-state index in [0.29, 0.717) is 30.1 Å². The van der Waals surface area contributed by atoms with E-state index in [4.69, 9.17) is 15.9 Å². The number of nitrogen functional groups attached to an aromatic ring is 1. The summed E-state index contributed by atoms with van der Waals surface area (Å²) in [5.41, 5.74) is 8.43. The van der Waals surface area contributed by atoms with Gasteiger partial charge in [-0.15, -0.1) is 0 Å². The van der Waals surface area contributed by atoms with Gasteiger partial charge < -0.3 is 20.5 Å². The Balaban J connectivity index is 1.86. The van der Waals surface area contributed by atoms with Crippen molar-refractivity contribution >= 4 is 17.2 Å². The Bertz CT molecular complexity index is 720. The van der Waals surface area contributed by atoms with Gasteiger partial charge in [-0.05, 0) is 24.6 Å². The number of nitrogens with zero attached hydrogens (tertiary/aromatic N) is 2. The number of aromatic nitrogens is 1. The highest BCUT2D eigenvalue weighted by Gasteiger charge is 2.20. The first-order chi connectivity index (χ1) is 11.7. The third-order valence-corrected chi connectivity index (χ3v) is 4.14. The van der Waals surface area contributed by atoms with Crippen LogP contribution in [0.3, 0.4) is 0 Å². The van der Waals surface area contributed by atoms with E-state index in [-0.39, 0.29) is 12.7 Å². The molecule has 24 heavy (non-hydrogen) atoms. The molecule has 6 heteroatoms. The molecule has 1 aromatic heterocycles. The van der Waals surface area contributed by atoms with E-state index < -0.39 is 0 Å². The van der Waals surface area contributed by atoms with E-state index in [1.165, 1.54) is 0 Å². The highest BCUT2D eigenvalue weighted by Crippen LogP contribution is 2.20. The van der Waals surface area contributed by atoms with Crippen LogP contribution in [0.25, 0.3) is 0 Å². The van der Waals surface area contributed by atoms with Crippen molar-refractivity contribution in [1.82, 2.24) is 4.98 Å². The zero-order valence-electron chi connectivity index (χ0n) is 13.5. The van der Waals surface area contributed by atoms with Gasteiger partial charge in [0.15, 0.2) is 0 Å². The number of hydrogen-bond donors (Lipinski definition) is 3. The largest absolute Gasteiger partial charge is 0.398 e. The molecule has 1 saturated heterocycles. The van der Waals surface area contributed by atoms with Crippen LogP contribution in [0.15, 0.2) is 42.6 Å². The number of pyridine rings is 1. The molecule has 1 aliphatic heterocycles. The quantitative estimate of drug-likeness (QED) is 0.587. The van der Waals surface area contributed by atoms with Gasteiger partial charge >= 0.3 is 0 Å². The number of benzene rings is 1. The molecule has 1 atom stereocenters. The number of anilines is 2. The van der Waals surface area contributed by atoms with Gasteiger partial charge in [0.05, 0.1) is 18.4 Å². The summed E-state index contributed by atoms with van der Waals surface area (Å²) in [6, 6.07) is 11.1. The Morgan fingerprint density at radius 2 is 2.21 bits per heavy atom. The molecule has 1 aromatic carbocycles. The van der Waals surface area contributed by atoms with Crippen LogP contribution in [0.4, 0.5) is 11.5 Å². The van der Waals surface area contributed by atoms with Crippen LogP contribution >= 0.6 is 0 Å². The number of para-hydroxylation sites is 1. The first-order valence-corrected chi connectivity index (χ1v) is 8.06. The maximum Gasteiger partial charge on any atom is 0.129 e. The molecule has 2 aromatic rings. The summed E-state index contributed by atoms with van der Waals surface area (Å²) in [5, 5.41) is 17.8. The van der Waals surface area contributed by atoms with Gasteiger partial charge in [0.2, 0.25) is 0 Å². The second-order valence-electron chi connectivity index (χ2n) is 5.84. The lowest BCUT2D eigenvalue weighted by Gasteiger charge is -2.24. The van der Waals surface area contributed by atoms with Crippen LogP contribution in [-0.2, 0) is 4.74 Å². The summed E-state index contributed by atoms with van der Waals surface area (Å²) in [6.45, 7) is 2.03. The Kier molecular flexibility index (Phi) is 5.08. The summed E-state index contributed by atoms with van der Waals surface area (Å²) >= 11 is 0. The third kappa shape index (κ3) is 3.55. The van der Waals surface area contributed by atoms with Crippen molar-refractivity contribution in [2.75, 3.05) is 36.9 Å². The fraction of sp³-hybridized carbons (Fsp3) is 0.333. The molecular weight excluding hydrogens is 304 g/mol. The first-order valence-electron chi connectivity index (χ1n) is 8.06. The Labute approximate surface area is 141 Å². The fourth-order valence-electron chi connectivity index (χ4n) is 2.84. The van der Waals surface area contributed by atoms with Crippen LogP contribution in [0.1, 0.15) is 17.5 Å². The van der Waals surface area contributed by atoms with Crippen LogP contribution in [0, 0.1) is 5.41 Å². The molecule has 6 nitrogen and oxygen atoms in total. The number of rotatable bonds is 4. The summed E-state index contributed by atoms with van der Waals surface area (Å²) in [7, 11) is 0. The Morgan fingerprint density at radius 1 is 1.38 bits per heavy atom. The molecule has 0 amide bonds. The third-order valence-electron chi connectivity index (χ3n) is 4.14. The Hall–Kier alpha value is -2.44. The highest BCUT2D eigenvalue weighted by atomic mass is 16.5. The minimum Gasteiger partial charge on any atom is -0.398 e. The van der Waals surface area contributed by atoms with Gasteiger partial charge in [0, 0.05) is 42.7 Å². The van der Waals surface area contributed by atoms with E-state index in [0.717, 1.165) is 24.3 Å². The van der Waals surface area contributed by atoms with Crippen molar-refractivity contribution < 1.29 is 9.84 Å². The predicted molar refractivity (Wildman–Crippen MR) is 94.7 cm³/mol. The topological polar surface area (TPSA) is 95.5 Å². The number of nitrogens with two attached hydrogens (primary N) is 1. The average Bonchev–Trinajstić information content (AvgIpc) is 2.87. The lowest BCUT2D eigenvalue weighted by Crippen LogP contribution is -2.34. The van der Waals surface area contributed by atoms with Gasteiger partial charge in [-0.25, -0.2) is 4.98 Å². The molecule has 3 rings (SSSR count). The van der Waals surface area contributed by atoms with Crippen LogP contribution in [-0.4, -0.2) is 48.2 Å². The molecule has 1 unspecified atom stereocenters. The SMILES string of the molecule is N=C(c1ccnc(N2CCCOC(CO)C2)c1)c1ccccc1N. The summed E-state index contributed by atoms with van der Waals surface area (Å²) < 4.78 is 5.59. The van der Waals surface area contributed by atoms with Crippen LogP contribution in [0.2, 0.25) is 0 Å². The Morgan fingerprint density at radius 3 is 3.00 bits per heavy atom. The lowest BCUT2D eigenvalue weighted by atomic mass is 10.0. The number of ether oxygens (including phenoxy) is 1. The van der Waals surface area contributed by atoms with Crippen LogP contribution < -0.4 is 10.6 Å². The molecule has 4 N–H and O–H groups in total. The standard InChI is InChI=1S/C18H22N4O2/c19-16-5-2-1-4-15(16)18(20)13-6-7-21-17(10-13)22-8-3-9-24-14(11-22)12-23/h1-2,4-7,10,14,20,23H,3,8-9,11-12,19H2. The minimum atomic E-state index is -0.206. The minimum absolute atomic E-state index is 0.00738. The normalized spacial score (nSPS) is 18.2. The highest BCUT2D eigenvalue weighted by molar-refractivity contribution is 6.14. The number of aliphatic hydroxyl groups excluding tert-OH is 1. The van der Waals surface area contributed by atoms with Crippen molar-refractivity contribution in [3.63, 3.8) is 0 Å². The van der Waals surface area contributed by atoms with Gasteiger partial charge in [-0.1, -0.05) is 18.2 Å². The number of nitrogens with one attached hydrogen (secondary N) is 1. The van der Waals surface area contributed by atoms with E-state index in [1.54, 1.807) is 12.3 Å². The van der Waals surface area contributed by atoms with Gasteiger partial charge in [0.1, 0.15) is 5.82 Å². The second-order valence-corrected chi connectivity index (χ2v) is 5.84. The first kappa shape index (κ1) is 16.4. The molecule has 0 radical (unpaired) electrons. The zero-order valence-corrected chi connectivity index (χ0v) is 13.5. The second kappa shape index (κ2) is 7.42. The zero-order chi connectivity index (χ0) is 16.9. The maximum atomic E-state index is 9.38. The van der Waals surface area contributed by atoms with Crippen molar-refractivity contribution in [2.45, 2.75) is 12.5 Å². The molecule has 1 fully saturated rings. The van der Waals surface area contributed by atoms with Crippen molar-refractivity contribution in [3.05, 3.63) is 53.7 Å². The summed E-state index contributed by atoms with van der Waals surface area (Å²) in [6.07, 6.45) is 2.38. The van der Waals surface area contributed by atoms with Crippen molar-refractivity contribution in [2.24, 2.45) is 0 Å². The molecule has 2 heterocycles. The molecule has 0 spiro atoms. The monoisotopic (exact) mass is 326 g/mol.